The van der Waals surface area contributed by atoms with Gasteiger partial charge in [-0.1, -0.05) is 12.1 Å². The number of hydrogen-bond acceptors (Lipinski definition) is 5. The Morgan fingerprint density at radius 2 is 2.10 bits per heavy atom. The van der Waals surface area contributed by atoms with Crippen molar-refractivity contribution in [2.45, 2.75) is 0 Å². The fourth-order valence-electron chi connectivity index (χ4n) is 1.85. The van der Waals surface area contributed by atoms with E-state index in [1.807, 2.05) is 29.6 Å². The second-order valence-corrected chi connectivity index (χ2v) is 5.36. The van der Waals surface area contributed by atoms with Crippen molar-refractivity contribution in [3.8, 4) is 11.3 Å². The molecule has 6 nitrogen and oxygen atoms in total. The molecule has 7 heteroatoms. The van der Waals surface area contributed by atoms with Gasteiger partial charge in [-0.25, -0.2) is 9.97 Å². The first-order chi connectivity index (χ1) is 10.1. The normalized spacial score (nSPS) is 10.5. The van der Waals surface area contributed by atoms with E-state index in [9.17, 15) is 4.79 Å². The molecule has 0 aliphatic carbocycles. The molecule has 1 amide bonds. The van der Waals surface area contributed by atoms with Crippen LogP contribution in [0, 0.1) is 0 Å². The predicted molar refractivity (Wildman–Crippen MR) is 83.1 cm³/mol. The molecule has 0 spiro atoms. The van der Waals surface area contributed by atoms with Crippen LogP contribution >= 0.6 is 11.3 Å². The van der Waals surface area contributed by atoms with Gasteiger partial charge in [-0.3, -0.25) is 10.1 Å². The summed E-state index contributed by atoms with van der Waals surface area (Å²) >= 11 is 1.38. The molecule has 0 atom stereocenters. The maximum Gasteiger partial charge on any atom is 0.275 e. The largest absolute Gasteiger partial charge is 0.399 e. The Labute approximate surface area is 125 Å². The molecule has 0 radical (unpaired) electrons. The van der Waals surface area contributed by atoms with Crippen molar-refractivity contribution in [3.63, 3.8) is 0 Å². The third-order valence-corrected chi connectivity index (χ3v) is 3.74. The molecule has 3 N–H and O–H groups in total. The van der Waals surface area contributed by atoms with Gasteiger partial charge in [-0.05, 0) is 12.1 Å². The summed E-state index contributed by atoms with van der Waals surface area (Å²) in [6.45, 7) is 0. The SMILES string of the molecule is Cn1cncc1C(=O)Nc1nc(-c2ccc(N)cc2)cs1. The second kappa shape index (κ2) is 5.37. The number of aryl methyl sites for hydroxylation is 1. The van der Waals surface area contributed by atoms with Crippen molar-refractivity contribution >= 4 is 28.1 Å². The van der Waals surface area contributed by atoms with E-state index in [4.69, 9.17) is 5.73 Å². The minimum Gasteiger partial charge on any atom is -0.399 e. The Balaban J connectivity index is 1.78. The second-order valence-electron chi connectivity index (χ2n) is 4.50. The summed E-state index contributed by atoms with van der Waals surface area (Å²) in [5.74, 6) is -0.229. The van der Waals surface area contributed by atoms with Gasteiger partial charge in [-0.15, -0.1) is 11.3 Å². The van der Waals surface area contributed by atoms with Gasteiger partial charge < -0.3 is 10.3 Å². The minimum atomic E-state index is -0.229. The number of nitrogens with one attached hydrogen (secondary N) is 1. The van der Waals surface area contributed by atoms with Gasteiger partial charge in [0.1, 0.15) is 5.69 Å². The van der Waals surface area contributed by atoms with Crippen molar-refractivity contribution in [1.82, 2.24) is 14.5 Å². The Bertz CT molecular complexity index is 775. The summed E-state index contributed by atoms with van der Waals surface area (Å²) in [6, 6.07) is 7.44. The molecule has 0 unspecified atom stereocenters. The minimum absolute atomic E-state index is 0.229. The van der Waals surface area contributed by atoms with Gasteiger partial charge in [0.05, 0.1) is 18.2 Å². The molecule has 0 fully saturated rings. The van der Waals surface area contributed by atoms with Crippen LogP contribution in [0.2, 0.25) is 0 Å². The van der Waals surface area contributed by atoms with Gasteiger partial charge in [0.2, 0.25) is 0 Å². The third-order valence-electron chi connectivity index (χ3n) is 2.98. The van der Waals surface area contributed by atoms with Crippen molar-refractivity contribution in [1.29, 1.82) is 0 Å². The van der Waals surface area contributed by atoms with Gasteiger partial charge >= 0.3 is 0 Å². The smallest absolute Gasteiger partial charge is 0.275 e. The van der Waals surface area contributed by atoms with Crippen molar-refractivity contribution in [2.24, 2.45) is 7.05 Å². The molecule has 106 valence electrons. The number of carbonyl (C=O) groups is 1. The zero-order valence-corrected chi connectivity index (χ0v) is 12.1. The Hall–Kier alpha value is -2.67. The van der Waals surface area contributed by atoms with Crippen molar-refractivity contribution < 1.29 is 4.79 Å². The highest BCUT2D eigenvalue weighted by atomic mass is 32.1. The molecular formula is C14H13N5OS. The molecule has 1 aromatic carbocycles. The van der Waals surface area contributed by atoms with Crippen LogP contribution in [0.25, 0.3) is 11.3 Å². The van der Waals surface area contributed by atoms with Crippen LogP contribution in [0.4, 0.5) is 10.8 Å². The topological polar surface area (TPSA) is 85.8 Å². The summed E-state index contributed by atoms with van der Waals surface area (Å²) in [4.78, 5) is 20.4. The lowest BCUT2D eigenvalue weighted by atomic mass is 10.1. The van der Waals surface area contributed by atoms with Crippen molar-refractivity contribution in [3.05, 3.63) is 47.9 Å². The van der Waals surface area contributed by atoms with E-state index < -0.39 is 0 Å². The number of carbonyl (C=O) groups excluding carboxylic acids is 1. The highest BCUT2D eigenvalue weighted by molar-refractivity contribution is 7.14. The van der Waals surface area contributed by atoms with Crippen LogP contribution in [0.5, 0.6) is 0 Å². The molecule has 3 rings (SSSR count). The Morgan fingerprint density at radius 3 is 2.76 bits per heavy atom. The molecule has 21 heavy (non-hydrogen) atoms. The lowest BCUT2D eigenvalue weighted by Crippen LogP contribution is -2.15. The number of benzene rings is 1. The van der Waals surface area contributed by atoms with E-state index in [2.05, 4.69) is 15.3 Å². The molecule has 0 saturated carbocycles. The first-order valence-electron chi connectivity index (χ1n) is 6.22. The number of nitrogens with two attached hydrogens (primary N) is 1. The Kier molecular flexibility index (Phi) is 3.41. The average molecular weight is 299 g/mol. The number of hydrogen-bond donors (Lipinski definition) is 2. The molecule has 3 aromatic rings. The zero-order chi connectivity index (χ0) is 14.8. The summed E-state index contributed by atoms with van der Waals surface area (Å²) in [5, 5.41) is 5.21. The van der Waals surface area contributed by atoms with Crippen LogP contribution in [-0.4, -0.2) is 20.4 Å². The molecular weight excluding hydrogens is 286 g/mol. The van der Waals surface area contributed by atoms with E-state index in [1.54, 1.807) is 17.9 Å². The highest BCUT2D eigenvalue weighted by Crippen LogP contribution is 2.25. The van der Waals surface area contributed by atoms with Crippen LogP contribution in [-0.2, 0) is 7.05 Å². The molecule has 0 aliphatic heterocycles. The monoisotopic (exact) mass is 299 g/mol. The number of anilines is 2. The molecule has 2 heterocycles. The number of nitrogens with zero attached hydrogens (tertiary/aromatic N) is 3. The van der Waals surface area contributed by atoms with Gasteiger partial charge in [0, 0.05) is 23.7 Å². The average Bonchev–Trinajstić information content (AvgIpc) is 3.09. The van der Waals surface area contributed by atoms with Crippen LogP contribution in [0.15, 0.2) is 42.2 Å². The molecule has 2 aromatic heterocycles. The first-order valence-corrected chi connectivity index (χ1v) is 7.10. The number of amides is 1. The number of imidazole rings is 1. The van der Waals surface area contributed by atoms with Gasteiger partial charge in [-0.2, -0.15) is 0 Å². The van der Waals surface area contributed by atoms with E-state index in [0.717, 1.165) is 11.3 Å². The quantitative estimate of drug-likeness (QED) is 0.727. The van der Waals surface area contributed by atoms with Crippen LogP contribution < -0.4 is 11.1 Å². The van der Waals surface area contributed by atoms with Crippen LogP contribution in [0.1, 0.15) is 10.5 Å². The predicted octanol–water partition coefficient (Wildman–Crippen LogP) is 2.38. The fraction of sp³-hybridized carbons (Fsp3) is 0.0714. The van der Waals surface area contributed by atoms with Crippen LogP contribution in [0.3, 0.4) is 0 Å². The van der Waals surface area contributed by atoms with Gasteiger partial charge in [0.15, 0.2) is 5.13 Å². The first kappa shape index (κ1) is 13.3. The highest BCUT2D eigenvalue weighted by Gasteiger charge is 2.12. The summed E-state index contributed by atoms with van der Waals surface area (Å²) in [7, 11) is 1.77. The maximum absolute atomic E-state index is 12.1. The standard InChI is InChI=1S/C14H13N5OS/c1-19-8-16-6-12(19)13(20)18-14-17-11(7-21-14)9-2-4-10(15)5-3-9/h2-8H,15H2,1H3,(H,17,18,20). The number of nitrogen functional groups attached to an aromatic ring is 1. The fourth-order valence-corrected chi connectivity index (χ4v) is 2.57. The van der Waals surface area contributed by atoms with E-state index in [1.165, 1.54) is 17.5 Å². The molecule has 0 bridgehead atoms. The van der Waals surface area contributed by atoms with E-state index >= 15 is 0 Å². The van der Waals surface area contributed by atoms with E-state index in [-0.39, 0.29) is 5.91 Å². The molecule has 0 saturated heterocycles. The van der Waals surface area contributed by atoms with E-state index in [0.29, 0.717) is 16.5 Å². The summed E-state index contributed by atoms with van der Waals surface area (Å²) < 4.78 is 1.66. The third kappa shape index (κ3) is 2.77. The van der Waals surface area contributed by atoms with Gasteiger partial charge in [0.25, 0.3) is 5.91 Å². The lowest BCUT2D eigenvalue weighted by Gasteiger charge is -2.01. The summed E-state index contributed by atoms with van der Waals surface area (Å²) in [6.07, 6.45) is 3.10. The number of thiazole rings is 1. The zero-order valence-electron chi connectivity index (χ0n) is 11.3. The van der Waals surface area contributed by atoms with Crippen molar-refractivity contribution in [2.75, 3.05) is 11.1 Å². The summed E-state index contributed by atoms with van der Waals surface area (Å²) in [5.41, 5.74) is 8.62. The molecule has 0 aliphatic rings. The maximum atomic E-state index is 12.1. The number of aromatic nitrogens is 3. The number of rotatable bonds is 3. The lowest BCUT2D eigenvalue weighted by molar-refractivity contribution is 0.101. The Morgan fingerprint density at radius 1 is 1.33 bits per heavy atom.